The second kappa shape index (κ2) is 5.73. The molecular formula is C19H14FNO4. The van der Waals surface area contributed by atoms with E-state index in [1.807, 2.05) is 0 Å². The van der Waals surface area contributed by atoms with E-state index in [0.717, 1.165) is 10.9 Å². The molecule has 126 valence electrons. The number of anilines is 1. The Kier molecular flexibility index (Phi) is 3.53. The molecule has 2 heterocycles. The second-order valence-electron chi connectivity index (χ2n) is 5.88. The largest absolute Gasteiger partial charge is 0.497 e. The highest BCUT2D eigenvalue weighted by Crippen LogP contribution is 2.29. The number of halogens is 1. The number of hydrogen-bond donors (Lipinski definition) is 1. The Bertz CT molecular complexity index is 1020. The molecule has 0 saturated heterocycles. The van der Waals surface area contributed by atoms with Crippen molar-refractivity contribution in [2.24, 2.45) is 0 Å². The van der Waals surface area contributed by atoms with Crippen molar-refractivity contribution in [1.29, 1.82) is 0 Å². The van der Waals surface area contributed by atoms with Crippen molar-refractivity contribution in [2.75, 3.05) is 12.4 Å². The number of fused-ring (bicyclic) bond motifs is 2. The lowest BCUT2D eigenvalue weighted by molar-refractivity contribution is -0.116. The summed E-state index contributed by atoms with van der Waals surface area (Å²) in [5, 5.41) is 3.34. The Labute approximate surface area is 142 Å². The van der Waals surface area contributed by atoms with Crippen molar-refractivity contribution in [2.45, 2.75) is 12.8 Å². The van der Waals surface area contributed by atoms with Gasteiger partial charge in [-0.3, -0.25) is 9.59 Å². The number of rotatable bonds is 3. The lowest BCUT2D eigenvalue weighted by Gasteiger charge is -2.17. The zero-order valence-corrected chi connectivity index (χ0v) is 13.4. The fourth-order valence-corrected chi connectivity index (χ4v) is 2.96. The summed E-state index contributed by atoms with van der Waals surface area (Å²) in [6.45, 7) is 0. The van der Waals surface area contributed by atoms with E-state index in [9.17, 15) is 14.0 Å². The Morgan fingerprint density at radius 2 is 2.04 bits per heavy atom. The molecule has 1 amide bonds. The van der Waals surface area contributed by atoms with E-state index in [1.165, 1.54) is 19.2 Å². The topological polar surface area (TPSA) is 68.5 Å². The smallest absolute Gasteiger partial charge is 0.231 e. The molecule has 1 aliphatic rings. The molecule has 0 saturated carbocycles. The van der Waals surface area contributed by atoms with E-state index in [0.29, 0.717) is 29.9 Å². The van der Waals surface area contributed by atoms with Gasteiger partial charge in [0, 0.05) is 23.6 Å². The summed E-state index contributed by atoms with van der Waals surface area (Å²) in [4.78, 5) is 24.1. The maximum atomic E-state index is 14.4. The van der Waals surface area contributed by atoms with Gasteiger partial charge in [-0.15, -0.1) is 0 Å². The maximum absolute atomic E-state index is 14.4. The third kappa shape index (κ3) is 2.65. The van der Waals surface area contributed by atoms with Gasteiger partial charge in [-0.25, -0.2) is 4.39 Å². The first kappa shape index (κ1) is 15.4. The number of aryl methyl sites for hydroxylation is 1. The van der Waals surface area contributed by atoms with E-state index in [2.05, 4.69) is 5.32 Å². The number of benzene rings is 2. The number of nitrogens with one attached hydrogen (secondary N) is 1. The van der Waals surface area contributed by atoms with E-state index in [-0.39, 0.29) is 17.2 Å². The van der Waals surface area contributed by atoms with E-state index >= 15 is 0 Å². The molecule has 1 aliphatic heterocycles. The predicted octanol–water partition coefficient (Wildman–Crippen LogP) is 3.70. The minimum absolute atomic E-state index is 0.0574. The highest BCUT2D eigenvalue weighted by Gasteiger charge is 2.23. The molecule has 0 spiro atoms. The van der Waals surface area contributed by atoms with Crippen LogP contribution in [0.1, 0.15) is 28.1 Å². The van der Waals surface area contributed by atoms with Gasteiger partial charge < -0.3 is 14.5 Å². The first-order chi connectivity index (χ1) is 12.0. The van der Waals surface area contributed by atoms with Crippen molar-refractivity contribution in [3.05, 3.63) is 59.1 Å². The first-order valence-corrected chi connectivity index (χ1v) is 7.80. The van der Waals surface area contributed by atoms with Crippen molar-refractivity contribution in [3.8, 4) is 5.75 Å². The van der Waals surface area contributed by atoms with Crippen LogP contribution < -0.4 is 10.1 Å². The fourth-order valence-electron chi connectivity index (χ4n) is 2.96. The molecule has 25 heavy (non-hydrogen) atoms. The summed E-state index contributed by atoms with van der Waals surface area (Å²) in [5.74, 6) is -0.716. The minimum Gasteiger partial charge on any atom is -0.497 e. The summed E-state index contributed by atoms with van der Waals surface area (Å²) in [6, 6.07) is 9.45. The van der Waals surface area contributed by atoms with Crippen LogP contribution in [-0.2, 0) is 11.2 Å². The van der Waals surface area contributed by atoms with Gasteiger partial charge in [-0.2, -0.15) is 0 Å². The molecular weight excluding hydrogens is 325 g/mol. The van der Waals surface area contributed by atoms with E-state index < -0.39 is 11.6 Å². The van der Waals surface area contributed by atoms with Gasteiger partial charge >= 0.3 is 0 Å². The predicted molar refractivity (Wildman–Crippen MR) is 89.5 cm³/mol. The summed E-state index contributed by atoms with van der Waals surface area (Å²) >= 11 is 0. The Morgan fingerprint density at radius 1 is 1.20 bits per heavy atom. The molecule has 0 unspecified atom stereocenters. The van der Waals surface area contributed by atoms with Gasteiger partial charge in [-0.05, 0) is 42.3 Å². The van der Waals surface area contributed by atoms with Gasteiger partial charge in [0.1, 0.15) is 17.1 Å². The Hall–Kier alpha value is -3.15. The van der Waals surface area contributed by atoms with Crippen molar-refractivity contribution >= 4 is 28.3 Å². The third-order valence-corrected chi connectivity index (χ3v) is 4.28. The Morgan fingerprint density at radius 3 is 2.84 bits per heavy atom. The number of hydrogen-bond acceptors (Lipinski definition) is 4. The number of ether oxygens (including phenoxy) is 1. The van der Waals surface area contributed by atoms with Gasteiger partial charge in [0.15, 0.2) is 5.76 Å². The molecule has 0 fully saturated rings. The standard InChI is InChI=1S/C19H14FNO4/c1-24-12-4-2-11-7-17(25-16(11)8-12)19(23)13-6-10-3-5-18(22)21-15(10)9-14(13)20/h2,4,6-9H,3,5H2,1H3,(H,21,22). The number of furan rings is 1. The SMILES string of the molecule is COc1ccc2cc(C(=O)c3cc4c(cc3F)NC(=O)CC4)oc2c1. The molecule has 6 heteroatoms. The van der Waals surface area contributed by atoms with Crippen LogP contribution in [0, 0.1) is 5.82 Å². The number of carbonyl (C=O) groups is 2. The molecule has 0 bridgehead atoms. The normalized spacial score (nSPS) is 13.4. The van der Waals surface area contributed by atoms with Crippen LogP contribution in [0.4, 0.5) is 10.1 Å². The summed E-state index contributed by atoms with van der Waals surface area (Å²) in [7, 11) is 1.54. The van der Waals surface area contributed by atoms with Crippen LogP contribution in [0.15, 0.2) is 40.8 Å². The van der Waals surface area contributed by atoms with Crippen molar-refractivity contribution in [3.63, 3.8) is 0 Å². The summed E-state index contributed by atoms with van der Waals surface area (Å²) in [6.07, 6.45) is 0.787. The first-order valence-electron chi connectivity index (χ1n) is 7.80. The van der Waals surface area contributed by atoms with Crippen LogP contribution in [0.2, 0.25) is 0 Å². The molecule has 0 atom stereocenters. The third-order valence-electron chi connectivity index (χ3n) is 4.28. The molecule has 1 N–H and O–H groups in total. The lowest BCUT2D eigenvalue weighted by atomic mass is 9.97. The van der Waals surface area contributed by atoms with E-state index in [1.54, 1.807) is 24.3 Å². The monoisotopic (exact) mass is 339 g/mol. The number of amides is 1. The van der Waals surface area contributed by atoms with Crippen LogP contribution in [0.5, 0.6) is 5.75 Å². The summed E-state index contributed by atoms with van der Waals surface area (Å²) in [5.41, 5.74) is 1.58. The second-order valence-corrected chi connectivity index (χ2v) is 5.88. The van der Waals surface area contributed by atoms with E-state index in [4.69, 9.17) is 9.15 Å². The van der Waals surface area contributed by atoms with Gasteiger partial charge in [0.25, 0.3) is 0 Å². The average molecular weight is 339 g/mol. The average Bonchev–Trinajstić information content (AvgIpc) is 3.03. The number of ketones is 1. The van der Waals surface area contributed by atoms with Gasteiger partial charge in [0.05, 0.1) is 12.7 Å². The lowest BCUT2D eigenvalue weighted by Crippen LogP contribution is -2.20. The number of methoxy groups -OCH3 is 1. The zero-order valence-electron chi connectivity index (χ0n) is 13.4. The van der Waals surface area contributed by atoms with Crippen LogP contribution in [0.25, 0.3) is 11.0 Å². The zero-order chi connectivity index (χ0) is 17.6. The van der Waals surface area contributed by atoms with Crippen molar-refractivity contribution < 1.29 is 23.1 Å². The van der Waals surface area contributed by atoms with Gasteiger partial charge in [0.2, 0.25) is 11.7 Å². The molecule has 3 aromatic rings. The maximum Gasteiger partial charge on any atom is 0.231 e. The van der Waals surface area contributed by atoms with Gasteiger partial charge in [-0.1, -0.05) is 0 Å². The quantitative estimate of drug-likeness (QED) is 0.739. The minimum atomic E-state index is -0.691. The molecule has 4 rings (SSSR count). The summed E-state index contributed by atoms with van der Waals surface area (Å²) < 4.78 is 25.1. The van der Waals surface area contributed by atoms with Crippen LogP contribution in [0.3, 0.4) is 0 Å². The Balaban J connectivity index is 1.74. The van der Waals surface area contributed by atoms with Crippen molar-refractivity contribution in [1.82, 2.24) is 0 Å². The molecule has 0 radical (unpaired) electrons. The fraction of sp³-hybridized carbons (Fsp3) is 0.158. The number of carbonyl (C=O) groups excluding carboxylic acids is 2. The highest BCUT2D eigenvalue weighted by atomic mass is 19.1. The van der Waals surface area contributed by atoms with Crippen LogP contribution >= 0.6 is 0 Å². The molecule has 0 aliphatic carbocycles. The molecule has 1 aromatic heterocycles. The highest BCUT2D eigenvalue weighted by molar-refractivity contribution is 6.10. The molecule has 5 nitrogen and oxygen atoms in total. The van der Waals surface area contributed by atoms with Crippen LogP contribution in [-0.4, -0.2) is 18.8 Å². The molecule has 2 aromatic carbocycles.